The molecule has 0 aromatic heterocycles. The van der Waals surface area contributed by atoms with Gasteiger partial charge >= 0.3 is 0 Å². The summed E-state index contributed by atoms with van der Waals surface area (Å²) >= 11 is 6.11. The predicted octanol–water partition coefficient (Wildman–Crippen LogP) is 7.98. The number of nitrogens with zero attached hydrogens (tertiary/aromatic N) is 1. The van der Waals surface area contributed by atoms with Crippen molar-refractivity contribution in [1.29, 1.82) is 0 Å². The smallest absolute Gasteiger partial charge is 0.0863 e. The predicted molar refractivity (Wildman–Crippen MR) is 150 cm³/mol. The van der Waals surface area contributed by atoms with Crippen molar-refractivity contribution >= 4 is 22.9 Å². The highest BCUT2D eigenvalue weighted by molar-refractivity contribution is 6.33. The number of aryl methyl sites for hydroxylation is 1. The van der Waals surface area contributed by atoms with Crippen molar-refractivity contribution in [2.45, 2.75) is 40.2 Å². The SMILES string of the molecule is C=C(O)CCN(C)Cc1ccc(NC)c(Cl)c1.C=CC1=CC(c2ccc(CC(C)C)c(C)c2)=C1. The van der Waals surface area contributed by atoms with Crippen LogP contribution in [0.1, 0.15) is 42.5 Å². The molecular weight excluding hydrogens is 440 g/mol. The summed E-state index contributed by atoms with van der Waals surface area (Å²) in [6, 6.07) is 12.8. The lowest BCUT2D eigenvalue weighted by molar-refractivity contribution is 0.299. The molecule has 2 aromatic carbocycles. The van der Waals surface area contributed by atoms with E-state index in [0.29, 0.717) is 6.42 Å². The van der Waals surface area contributed by atoms with Gasteiger partial charge in [-0.2, -0.15) is 0 Å². The highest BCUT2D eigenvalue weighted by Gasteiger charge is 2.10. The van der Waals surface area contributed by atoms with Gasteiger partial charge in [-0.25, -0.2) is 0 Å². The van der Waals surface area contributed by atoms with Gasteiger partial charge in [0.1, 0.15) is 0 Å². The molecule has 182 valence electrons. The largest absolute Gasteiger partial charge is 0.513 e. The summed E-state index contributed by atoms with van der Waals surface area (Å²) < 4.78 is 0. The first-order valence-electron chi connectivity index (χ1n) is 11.8. The molecule has 0 radical (unpaired) electrons. The molecule has 1 aliphatic rings. The normalized spacial score (nSPS) is 12.4. The number of halogens is 1. The van der Waals surface area contributed by atoms with Gasteiger partial charge < -0.3 is 15.3 Å². The van der Waals surface area contributed by atoms with Gasteiger partial charge in [0.25, 0.3) is 0 Å². The number of aliphatic hydroxyl groups excluding tert-OH is 1. The fraction of sp³-hybridized carbons (Fsp3) is 0.333. The van der Waals surface area contributed by atoms with Crippen molar-refractivity contribution in [2.24, 2.45) is 5.92 Å². The van der Waals surface area contributed by atoms with Crippen molar-refractivity contribution < 1.29 is 5.11 Å². The first-order chi connectivity index (χ1) is 16.1. The highest BCUT2D eigenvalue weighted by Crippen LogP contribution is 2.29. The van der Waals surface area contributed by atoms with Crippen LogP contribution in [0.2, 0.25) is 5.02 Å². The van der Waals surface area contributed by atoms with Crippen molar-refractivity contribution in [1.82, 2.24) is 4.90 Å². The number of hydrogen-bond acceptors (Lipinski definition) is 3. The van der Waals surface area contributed by atoms with Gasteiger partial charge in [0.05, 0.1) is 16.5 Å². The van der Waals surface area contributed by atoms with Crippen LogP contribution in [-0.4, -0.2) is 30.6 Å². The van der Waals surface area contributed by atoms with E-state index in [1.807, 2.05) is 38.4 Å². The number of anilines is 1. The zero-order valence-electron chi connectivity index (χ0n) is 21.3. The quantitative estimate of drug-likeness (QED) is 0.340. The third-order valence-corrected chi connectivity index (χ3v) is 6.03. The first-order valence-corrected chi connectivity index (χ1v) is 12.2. The third-order valence-electron chi connectivity index (χ3n) is 5.72. The van der Waals surface area contributed by atoms with E-state index in [2.05, 4.69) is 74.5 Å². The molecule has 0 amide bonds. The lowest BCUT2D eigenvalue weighted by atomic mass is 9.90. The maximum Gasteiger partial charge on any atom is 0.0863 e. The van der Waals surface area contributed by atoms with E-state index in [1.54, 1.807) is 0 Å². The molecule has 0 fully saturated rings. The number of hydrogen-bond donors (Lipinski definition) is 2. The minimum absolute atomic E-state index is 0.223. The summed E-state index contributed by atoms with van der Waals surface area (Å²) in [5, 5.41) is 12.8. The maximum absolute atomic E-state index is 9.03. The molecule has 3 rings (SSSR count). The second-order valence-corrected chi connectivity index (χ2v) is 9.71. The van der Waals surface area contributed by atoms with E-state index in [9.17, 15) is 0 Å². The lowest BCUT2D eigenvalue weighted by Crippen LogP contribution is -2.19. The van der Waals surface area contributed by atoms with Crippen LogP contribution in [0, 0.1) is 12.8 Å². The maximum atomic E-state index is 9.03. The average Bonchev–Trinajstić information content (AvgIpc) is 2.74. The second kappa shape index (κ2) is 13.2. The molecule has 0 aliphatic heterocycles. The second-order valence-electron chi connectivity index (χ2n) is 9.31. The molecule has 0 unspecified atom stereocenters. The van der Waals surface area contributed by atoms with Crippen molar-refractivity contribution in [3.63, 3.8) is 0 Å². The molecule has 4 heteroatoms. The molecule has 34 heavy (non-hydrogen) atoms. The van der Waals surface area contributed by atoms with Gasteiger partial charge in [0.15, 0.2) is 0 Å². The monoisotopic (exact) mass is 478 g/mol. The van der Waals surface area contributed by atoms with Gasteiger partial charge in [0, 0.05) is 26.6 Å². The molecule has 2 N–H and O–H groups in total. The Morgan fingerprint density at radius 1 is 1.18 bits per heavy atom. The van der Waals surface area contributed by atoms with Gasteiger partial charge in [-0.05, 0) is 84.0 Å². The molecule has 0 saturated heterocycles. The zero-order chi connectivity index (χ0) is 25.3. The molecule has 1 aliphatic carbocycles. The summed E-state index contributed by atoms with van der Waals surface area (Å²) in [5.74, 6) is 0.940. The number of aliphatic hydroxyl groups is 1. The number of benzene rings is 2. The van der Waals surface area contributed by atoms with Crippen molar-refractivity contribution in [3.05, 3.63) is 106 Å². The lowest BCUT2D eigenvalue weighted by Gasteiger charge is -2.17. The molecule has 0 heterocycles. The molecule has 0 bridgehead atoms. The van der Waals surface area contributed by atoms with Crippen LogP contribution in [0.3, 0.4) is 0 Å². The Hall–Kier alpha value is -2.75. The average molecular weight is 479 g/mol. The number of rotatable bonds is 10. The minimum Gasteiger partial charge on any atom is -0.513 e. The minimum atomic E-state index is 0.223. The summed E-state index contributed by atoms with van der Waals surface area (Å²) in [4.78, 5) is 2.12. The molecule has 2 aromatic rings. The fourth-order valence-electron chi connectivity index (χ4n) is 3.75. The highest BCUT2D eigenvalue weighted by atomic mass is 35.5. The van der Waals surface area contributed by atoms with E-state index in [4.69, 9.17) is 16.7 Å². The number of nitrogens with one attached hydrogen (secondary N) is 1. The Labute approximate surface area is 211 Å². The van der Waals surface area contributed by atoms with Crippen molar-refractivity contribution in [3.8, 4) is 0 Å². The Morgan fingerprint density at radius 2 is 1.88 bits per heavy atom. The van der Waals surface area contributed by atoms with Crippen LogP contribution >= 0.6 is 11.6 Å². The first kappa shape index (κ1) is 27.5. The van der Waals surface area contributed by atoms with Crippen LogP contribution in [-0.2, 0) is 13.0 Å². The van der Waals surface area contributed by atoms with E-state index in [0.717, 1.165) is 35.3 Å². The van der Waals surface area contributed by atoms with Crippen molar-refractivity contribution in [2.75, 3.05) is 26.0 Å². The summed E-state index contributed by atoms with van der Waals surface area (Å²) in [7, 11) is 3.85. The standard InChI is InChI=1S/C17H20.C13H19ClN2O/c1-5-14-10-17(11-14)16-7-6-15(8-12(2)3)13(4)9-16;1-10(17)6-7-16(3)9-11-4-5-13(15-2)12(14)8-11/h5-7,9-12H,1,8H2,2-4H3;4-5,8,15,17H,1,6-7,9H2,2-3H3. The molecule has 3 nitrogen and oxygen atoms in total. The molecular formula is C30H39ClN2O. The van der Waals surface area contributed by atoms with Gasteiger partial charge in [-0.1, -0.05) is 68.9 Å². The van der Waals surface area contributed by atoms with Crippen LogP contribution in [0.4, 0.5) is 5.69 Å². The van der Waals surface area contributed by atoms with Crippen LogP contribution < -0.4 is 5.32 Å². The summed E-state index contributed by atoms with van der Waals surface area (Å²) in [5.41, 5.74) is 8.82. The Kier molecular flexibility index (Phi) is 10.7. The summed E-state index contributed by atoms with van der Waals surface area (Å²) in [6.07, 6.45) is 8.02. The van der Waals surface area contributed by atoms with Crippen LogP contribution in [0.15, 0.2) is 79.1 Å². The van der Waals surface area contributed by atoms with E-state index >= 15 is 0 Å². The van der Waals surface area contributed by atoms with Gasteiger partial charge in [-0.15, -0.1) is 0 Å². The Morgan fingerprint density at radius 3 is 2.41 bits per heavy atom. The van der Waals surface area contributed by atoms with Gasteiger partial charge in [0.2, 0.25) is 0 Å². The van der Waals surface area contributed by atoms with E-state index < -0.39 is 0 Å². The van der Waals surface area contributed by atoms with Crippen LogP contribution in [0.5, 0.6) is 0 Å². The molecule has 0 saturated carbocycles. The summed E-state index contributed by atoms with van der Waals surface area (Å²) in [6.45, 7) is 15.6. The molecule has 0 spiro atoms. The Balaban J connectivity index is 0.000000240. The topological polar surface area (TPSA) is 35.5 Å². The number of allylic oxidation sites excluding steroid dienone is 5. The zero-order valence-corrected chi connectivity index (χ0v) is 22.0. The third kappa shape index (κ3) is 8.55. The molecule has 0 atom stereocenters. The Bertz CT molecular complexity index is 1070. The van der Waals surface area contributed by atoms with E-state index in [-0.39, 0.29) is 5.76 Å². The fourth-order valence-corrected chi connectivity index (χ4v) is 4.04. The van der Waals surface area contributed by atoms with Crippen LogP contribution in [0.25, 0.3) is 5.57 Å². The van der Waals surface area contributed by atoms with Gasteiger partial charge in [-0.3, -0.25) is 0 Å². The van der Waals surface area contributed by atoms with E-state index in [1.165, 1.54) is 34.3 Å².